The second-order valence-corrected chi connectivity index (χ2v) is 9.34. The van der Waals surface area contributed by atoms with Gasteiger partial charge >= 0.3 is 6.09 Å². The van der Waals surface area contributed by atoms with E-state index in [1.165, 1.54) is 0 Å². The Morgan fingerprint density at radius 3 is 2.39 bits per heavy atom. The summed E-state index contributed by atoms with van der Waals surface area (Å²) in [5.41, 5.74) is 0.560. The Morgan fingerprint density at radius 1 is 1.21 bits per heavy atom. The SMILES string of the molecule is CC(C)(C)CNc1nc(C#N)ncc1CN1CCN(C(=O)OC(C)(C)C)CC1. The van der Waals surface area contributed by atoms with Gasteiger partial charge in [-0.3, -0.25) is 4.90 Å². The molecule has 2 rings (SSSR count). The summed E-state index contributed by atoms with van der Waals surface area (Å²) in [5, 5.41) is 12.5. The summed E-state index contributed by atoms with van der Waals surface area (Å²) >= 11 is 0. The van der Waals surface area contributed by atoms with Gasteiger partial charge in [-0.1, -0.05) is 20.8 Å². The van der Waals surface area contributed by atoms with Crippen LogP contribution in [0.2, 0.25) is 0 Å². The van der Waals surface area contributed by atoms with Crippen molar-refractivity contribution in [3.05, 3.63) is 17.6 Å². The molecule has 8 heteroatoms. The summed E-state index contributed by atoms with van der Waals surface area (Å²) in [7, 11) is 0. The van der Waals surface area contributed by atoms with Crippen LogP contribution in [0.25, 0.3) is 0 Å². The maximum Gasteiger partial charge on any atom is 0.410 e. The second kappa shape index (κ2) is 8.74. The van der Waals surface area contributed by atoms with Crippen LogP contribution in [-0.4, -0.2) is 64.2 Å². The minimum atomic E-state index is -0.484. The highest BCUT2D eigenvalue weighted by Gasteiger charge is 2.26. The van der Waals surface area contributed by atoms with Crippen LogP contribution in [0.5, 0.6) is 0 Å². The van der Waals surface area contributed by atoms with Crippen LogP contribution in [-0.2, 0) is 11.3 Å². The number of piperazine rings is 1. The van der Waals surface area contributed by atoms with Crippen molar-refractivity contribution in [3.63, 3.8) is 0 Å². The third-order valence-electron chi connectivity index (χ3n) is 4.17. The number of anilines is 1. The quantitative estimate of drug-likeness (QED) is 0.847. The largest absolute Gasteiger partial charge is 0.444 e. The van der Waals surface area contributed by atoms with Gasteiger partial charge in [0.2, 0.25) is 5.82 Å². The molecule has 8 nitrogen and oxygen atoms in total. The number of nitrogens with one attached hydrogen (secondary N) is 1. The highest BCUT2D eigenvalue weighted by atomic mass is 16.6. The molecule has 2 heterocycles. The first-order chi connectivity index (χ1) is 13.0. The number of carbonyl (C=O) groups excluding carboxylic acids is 1. The summed E-state index contributed by atoms with van der Waals surface area (Å²) in [6.45, 7) is 16.2. The average molecular weight is 389 g/mol. The fourth-order valence-corrected chi connectivity index (χ4v) is 2.73. The van der Waals surface area contributed by atoms with Gasteiger partial charge in [-0.05, 0) is 26.2 Å². The van der Waals surface area contributed by atoms with Gasteiger partial charge in [-0.2, -0.15) is 5.26 Å². The van der Waals surface area contributed by atoms with E-state index in [2.05, 4.69) is 41.0 Å². The van der Waals surface area contributed by atoms with Gasteiger partial charge in [0.1, 0.15) is 17.5 Å². The smallest absolute Gasteiger partial charge is 0.410 e. The molecular weight excluding hydrogens is 356 g/mol. The van der Waals surface area contributed by atoms with Crippen LogP contribution in [0.4, 0.5) is 10.6 Å². The lowest BCUT2D eigenvalue weighted by Crippen LogP contribution is -2.49. The van der Waals surface area contributed by atoms with Crippen LogP contribution in [0.1, 0.15) is 52.9 Å². The average Bonchev–Trinajstić information content (AvgIpc) is 2.59. The number of aromatic nitrogens is 2. The van der Waals surface area contributed by atoms with Gasteiger partial charge in [-0.15, -0.1) is 0 Å². The predicted octanol–water partition coefficient (Wildman–Crippen LogP) is 2.86. The molecule has 0 atom stereocenters. The third kappa shape index (κ3) is 6.97. The van der Waals surface area contributed by atoms with Crippen molar-refractivity contribution < 1.29 is 9.53 Å². The van der Waals surface area contributed by atoms with Crippen molar-refractivity contribution in [3.8, 4) is 6.07 Å². The first-order valence-corrected chi connectivity index (χ1v) is 9.67. The molecule has 1 amide bonds. The highest BCUT2D eigenvalue weighted by molar-refractivity contribution is 5.68. The monoisotopic (exact) mass is 388 g/mol. The Bertz CT molecular complexity index is 722. The molecule has 1 aromatic heterocycles. The number of nitriles is 1. The molecule has 1 N–H and O–H groups in total. The van der Waals surface area contributed by atoms with E-state index in [1.54, 1.807) is 11.1 Å². The molecule has 0 unspecified atom stereocenters. The maximum absolute atomic E-state index is 12.2. The zero-order chi connectivity index (χ0) is 20.9. The van der Waals surface area contributed by atoms with Crippen molar-refractivity contribution in [1.82, 2.24) is 19.8 Å². The number of nitrogens with zero attached hydrogens (tertiary/aromatic N) is 5. The third-order valence-corrected chi connectivity index (χ3v) is 4.17. The Labute approximate surface area is 167 Å². The topological polar surface area (TPSA) is 94.4 Å². The Kier molecular flexibility index (Phi) is 6.83. The van der Waals surface area contributed by atoms with Gasteiger partial charge < -0.3 is 15.0 Å². The van der Waals surface area contributed by atoms with E-state index in [9.17, 15) is 4.79 Å². The molecule has 0 bridgehead atoms. The minimum absolute atomic E-state index is 0.0913. The molecule has 1 aromatic rings. The first kappa shape index (κ1) is 21.9. The van der Waals surface area contributed by atoms with Crippen LogP contribution < -0.4 is 5.32 Å². The predicted molar refractivity (Wildman–Crippen MR) is 108 cm³/mol. The summed E-state index contributed by atoms with van der Waals surface area (Å²) in [6.07, 6.45) is 1.46. The lowest BCUT2D eigenvalue weighted by Gasteiger charge is -2.35. The van der Waals surface area contributed by atoms with Crippen LogP contribution in [0.3, 0.4) is 0 Å². The second-order valence-electron chi connectivity index (χ2n) is 9.34. The van der Waals surface area contributed by atoms with Crippen LogP contribution >= 0.6 is 0 Å². The van der Waals surface area contributed by atoms with Crippen molar-refractivity contribution in [1.29, 1.82) is 5.26 Å². The number of rotatable bonds is 4. The molecule has 1 saturated heterocycles. The van der Waals surface area contributed by atoms with E-state index in [4.69, 9.17) is 10.00 Å². The Morgan fingerprint density at radius 2 is 1.86 bits per heavy atom. The minimum Gasteiger partial charge on any atom is -0.444 e. The van der Waals surface area contributed by atoms with Crippen molar-refractivity contribution in [2.45, 2.75) is 53.7 Å². The fourth-order valence-electron chi connectivity index (χ4n) is 2.73. The Hall–Kier alpha value is -2.40. The van der Waals surface area contributed by atoms with Gasteiger partial charge in [0.25, 0.3) is 0 Å². The van der Waals surface area contributed by atoms with Crippen molar-refractivity contribution >= 4 is 11.9 Å². The summed E-state index contributed by atoms with van der Waals surface area (Å²) in [5.74, 6) is 0.867. The van der Waals surface area contributed by atoms with Crippen LogP contribution in [0.15, 0.2) is 6.20 Å². The molecule has 1 aliphatic heterocycles. The molecule has 0 spiro atoms. The summed E-state index contributed by atoms with van der Waals surface area (Å²) in [6, 6.07) is 2.00. The summed E-state index contributed by atoms with van der Waals surface area (Å²) in [4.78, 5) is 24.7. The molecule has 1 fully saturated rings. The number of hydrogen-bond donors (Lipinski definition) is 1. The molecule has 1 aliphatic rings. The number of ether oxygens (including phenoxy) is 1. The molecular formula is C20H32N6O2. The first-order valence-electron chi connectivity index (χ1n) is 9.67. The van der Waals surface area contributed by atoms with Gasteiger partial charge in [0.05, 0.1) is 0 Å². The van der Waals surface area contributed by atoms with E-state index >= 15 is 0 Å². The lowest BCUT2D eigenvalue weighted by molar-refractivity contribution is 0.0139. The number of amides is 1. The van der Waals surface area contributed by atoms with Gasteiger partial charge in [0.15, 0.2) is 0 Å². The molecule has 0 aliphatic carbocycles. The summed E-state index contributed by atoms with van der Waals surface area (Å²) < 4.78 is 5.45. The maximum atomic E-state index is 12.2. The molecule has 28 heavy (non-hydrogen) atoms. The van der Waals surface area contributed by atoms with E-state index in [0.717, 1.165) is 25.2 Å². The molecule has 154 valence electrons. The zero-order valence-corrected chi connectivity index (χ0v) is 17.9. The highest BCUT2D eigenvalue weighted by Crippen LogP contribution is 2.20. The lowest BCUT2D eigenvalue weighted by atomic mass is 9.97. The van der Waals surface area contributed by atoms with Crippen molar-refractivity contribution in [2.75, 3.05) is 38.0 Å². The van der Waals surface area contributed by atoms with Crippen LogP contribution in [0, 0.1) is 16.7 Å². The van der Waals surface area contributed by atoms with E-state index in [-0.39, 0.29) is 17.3 Å². The molecule has 0 radical (unpaired) electrons. The number of carbonyl (C=O) groups is 1. The van der Waals surface area contributed by atoms with Crippen molar-refractivity contribution in [2.24, 2.45) is 5.41 Å². The standard InChI is InChI=1S/C20H32N6O2/c1-19(2,3)14-23-17-15(12-22-16(11-21)24-17)13-25-7-9-26(10-8-25)18(27)28-20(4,5)6/h12H,7-10,13-14H2,1-6H3,(H,22,23,24). The molecule has 0 saturated carbocycles. The van der Waals surface area contributed by atoms with E-state index in [0.29, 0.717) is 25.5 Å². The molecule has 0 aromatic carbocycles. The van der Waals surface area contributed by atoms with E-state index in [1.807, 2.05) is 26.8 Å². The Balaban J connectivity index is 1.99. The van der Waals surface area contributed by atoms with Gasteiger partial charge in [-0.25, -0.2) is 14.8 Å². The van der Waals surface area contributed by atoms with E-state index < -0.39 is 5.60 Å². The normalized spacial score (nSPS) is 15.8. The van der Waals surface area contributed by atoms with Gasteiger partial charge in [0, 0.05) is 51.0 Å². The zero-order valence-electron chi connectivity index (χ0n) is 17.9. The number of hydrogen-bond acceptors (Lipinski definition) is 7. The fraction of sp³-hybridized carbons (Fsp3) is 0.700.